The molecule has 2 amide bonds. The highest BCUT2D eigenvalue weighted by molar-refractivity contribution is 9.10. The maximum Gasteiger partial charge on any atom is 0.261 e. The summed E-state index contributed by atoms with van der Waals surface area (Å²) in [7, 11) is 0. The van der Waals surface area contributed by atoms with Crippen molar-refractivity contribution in [2.24, 2.45) is 0 Å². The van der Waals surface area contributed by atoms with E-state index >= 15 is 0 Å². The molecule has 7 heteroatoms. The lowest BCUT2D eigenvalue weighted by atomic mass is 10.0. The van der Waals surface area contributed by atoms with Crippen LogP contribution in [0, 0.1) is 5.82 Å². The van der Waals surface area contributed by atoms with Gasteiger partial charge in [-0.3, -0.25) is 9.59 Å². The van der Waals surface area contributed by atoms with E-state index in [1.165, 1.54) is 17.0 Å². The van der Waals surface area contributed by atoms with E-state index in [9.17, 15) is 14.0 Å². The van der Waals surface area contributed by atoms with Gasteiger partial charge in [-0.15, -0.1) is 0 Å². The van der Waals surface area contributed by atoms with Crippen molar-refractivity contribution >= 4 is 27.7 Å². The molecule has 0 heterocycles. The molecule has 1 N–H and O–H groups in total. The lowest BCUT2D eigenvalue weighted by Gasteiger charge is -2.32. The van der Waals surface area contributed by atoms with Gasteiger partial charge in [-0.1, -0.05) is 69.3 Å². The van der Waals surface area contributed by atoms with Crippen LogP contribution in [0.3, 0.4) is 0 Å². The Morgan fingerprint density at radius 3 is 2.26 bits per heavy atom. The van der Waals surface area contributed by atoms with Crippen LogP contribution in [-0.4, -0.2) is 35.4 Å². The van der Waals surface area contributed by atoms with Crippen molar-refractivity contribution < 1.29 is 18.7 Å². The van der Waals surface area contributed by atoms with E-state index in [4.69, 9.17) is 4.74 Å². The number of carbonyl (C=O) groups is 2. The molecule has 0 aliphatic rings. The van der Waals surface area contributed by atoms with Gasteiger partial charge in [0.05, 0.1) is 4.47 Å². The zero-order valence-electron chi connectivity index (χ0n) is 22.4. The fraction of sp³-hybridized carbons (Fsp3) is 0.355. The lowest BCUT2D eigenvalue weighted by Crippen LogP contribution is -2.53. The molecule has 0 radical (unpaired) electrons. The third kappa shape index (κ3) is 8.42. The van der Waals surface area contributed by atoms with Crippen LogP contribution in [0.2, 0.25) is 0 Å². The number of ether oxygens (including phenoxy) is 1. The standard InChI is InChI=1S/C31H36BrFN2O3/c1-5-22(4)34-31(37)28(17-23-9-7-6-8-10-23)35(19-24-11-14-26(33)15-12-24)30(36)20-38-29-16-13-25(21(2)3)18-27(29)32/h6-16,18,21-22,28H,5,17,19-20H2,1-4H3,(H,34,37)/t22-,28+/m0/s1. The van der Waals surface area contributed by atoms with Crippen LogP contribution in [0.15, 0.2) is 77.3 Å². The van der Waals surface area contributed by atoms with E-state index < -0.39 is 6.04 Å². The van der Waals surface area contributed by atoms with Gasteiger partial charge in [-0.05, 0) is 76.1 Å². The zero-order valence-corrected chi connectivity index (χ0v) is 24.0. The topological polar surface area (TPSA) is 58.6 Å². The molecule has 2 atom stereocenters. The smallest absolute Gasteiger partial charge is 0.261 e. The van der Waals surface area contributed by atoms with Gasteiger partial charge in [0.25, 0.3) is 5.91 Å². The van der Waals surface area contributed by atoms with Gasteiger partial charge in [0.1, 0.15) is 17.6 Å². The Labute approximate surface area is 233 Å². The molecule has 0 saturated heterocycles. The minimum Gasteiger partial charge on any atom is -0.483 e. The first kappa shape index (κ1) is 29.4. The van der Waals surface area contributed by atoms with Crippen molar-refractivity contribution in [2.75, 3.05) is 6.61 Å². The van der Waals surface area contributed by atoms with Crippen LogP contribution in [0.25, 0.3) is 0 Å². The largest absolute Gasteiger partial charge is 0.483 e. The minimum atomic E-state index is -0.778. The van der Waals surface area contributed by atoms with E-state index in [1.54, 1.807) is 12.1 Å². The summed E-state index contributed by atoms with van der Waals surface area (Å²) in [5.74, 6) is -0.0281. The quantitative estimate of drug-likeness (QED) is 0.260. The van der Waals surface area contributed by atoms with Crippen LogP contribution < -0.4 is 10.1 Å². The first-order valence-electron chi connectivity index (χ1n) is 13.0. The van der Waals surface area contributed by atoms with Crippen molar-refractivity contribution in [2.45, 2.75) is 65.1 Å². The summed E-state index contributed by atoms with van der Waals surface area (Å²) < 4.78 is 20.3. The Hall–Kier alpha value is -3.19. The molecule has 0 aliphatic heterocycles. The maximum absolute atomic E-state index is 13.7. The van der Waals surface area contributed by atoms with Gasteiger partial charge < -0.3 is 15.0 Å². The molecule has 3 rings (SSSR count). The van der Waals surface area contributed by atoms with Crippen molar-refractivity contribution in [3.05, 3.63) is 99.8 Å². The van der Waals surface area contributed by atoms with Crippen molar-refractivity contribution in [1.29, 1.82) is 0 Å². The van der Waals surface area contributed by atoms with Crippen LogP contribution in [0.4, 0.5) is 4.39 Å². The highest BCUT2D eigenvalue weighted by atomic mass is 79.9. The summed E-state index contributed by atoms with van der Waals surface area (Å²) >= 11 is 3.55. The first-order chi connectivity index (χ1) is 18.2. The van der Waals surface area contributed by atoms with E-state index in [-0.39, 0.29) is 36.8 Å². The molecule has 0 aliphatic carbocycles. The highest BCUT2D eigenvalue weighted by Crippen LogP contribution is 2.29. The normalized spacial score (nSPS) is 12.6. The van der Waals surface area contributed by atoms with Gasteiger partial charge in [0.2, 0.25) is 5.91 Å². The number of halogens is 2. The molecule has 0 spiro atoms. The van der Waals surface area contributed by atoms with E-state index in [0.717, 1.165) is 27.6 Å². The second kappa shape index (κ2) is 14.1. The maximum atomic E-state index is 13.7. The van der Waals surface area contributed by atoms with E-state index in [1.807, 2.05) is 62.4 Å². The molecule has 0 fully saturated rings. The van der Waals surface area contributed by atoms with Gasteiger partial charge in [0, 0.05) is 19.0 Å². The van der Waals surface area contributed by atoms with Gasteiger partial charge >= 0.3 is 0 Å². The predicted octanol–water partition coefficient (Wildman–Crippen LogP) is 6.65. The number of amides is 2. The van der Waals surface area contributed by atoms with Gasteiger partial charge in [-0.2, -0.15) is 0 Å². The number of nitrogens with one attached hydrogen (secondary N) is 1. The van der Waals surface area contributed by atoms with Crippen LogP contribution in [0.5, 0.6) is 5.75 Å². The third-order valence-electron chi connectivity index (χ3n) is 6.51. The molecular weight excluding hydrogens is 547 g/mol. The molecule has 3 aromatic rings. The average Bonchev–Trinajstić information content (AvgIpc) is 2.91. The van der Waals surface area contributed by atoms with Crippen molar-refractivity contribution in [1.82, 2.24) is 10.2 Å². The summed E-state index contributed by atoms with van der Waals surface area (Å²) in [5, 5.41) is 3.04. The summed E-state index contributed by atoms with van der Waals surface area (Å²) in [5.41, 5.74) is 2.80. The second-order valence-electron chi connectivity index (χ2n) is 9.80. The lowest BCUT2D eigenvalue weighted by molar-refractivity contribution is -0.143. The zero-order chi connectivity index (χ0) is 27.7. The average molecular weight is 584 g/mol. The second-order valence-corrected chi connectivity index (χ2v) is 10.7. The number of carbonyl (C=O) groups excluding carboxylic acids is 2. The Morgan fingerprint density at radius 2 is 1.66 bits per heavy atom. The molecule has 0 bridgehead atoms. The van der Waals surface area contributed by atoms with Gasteiger partial charge in [0.15, 0.2) is 6.61 Å². The van der Waals surface area contributed by atoms with Crippen LogP contribution in [0.1, 0.15) is 56.7 Å². The summed E-state index contributed by atoms with van der Waals surface area (Å²) in [4.78, 5) is 28.8. The SMILES string of the molecule is CC[C@H](C)NC(=O)[C@@H](Cc1ccccc1)N(Cc1ccc(F)cc1)C(=O)COc1ccc(C(C)C)cc1Br. The number of hydrogen-bond donors (Lipinski definition) is 1. The summed E-state index contributed by atoms with van der Waals surface area (Å²) in [6.45, 7) is 8.04. The number of nitrogens with zero attached hydrogens (tertiary/aromatic N) is 1. The summed E-state index contributed by atoms with van der Waals surface area (Å²) in [6, 6.07) is 20.6. The van der Waals surface area contributed by atoms with E-state index in [2.05, 4.69) is 35.1 Å². The fourth-order valence-corrected chi connectivity index (χ4v) is 4.51. The summed E-state index contributed by atoms with van der Waals surface area (Å²) in [6.07, 6.45) is 1.10. The predicted molar refractivity (Wildman–Crippen MR) is 153 cm³/mol. The van der Waals surface area contributed by atoms with Crippen molar-refractivity contribution in [3.8, 4) is 5.75 Å². The van der Waals surface area contributed by atoms with E-state index in [0.29, 0.717) is 18.1 Å². The Balaban J connectivity index is 1.91. The number of rotatable bonds is 12. The molecule has 0 aromatic heterocycles. The molecule has 202 valence electrons. The molecule has 5 nitrogen and oxygen atoms in total. The molecule has 0 saturated carbocycles. The highest BCUT2D eigenvalue weighted by Gasteiger charge is 2.31. The van der Waals surface area contributed by atoms with Gasteiger partial charge in [-0.25, -0.2) is 4.39 Å². The Bertz CT molecular complexity index is 1200. The first-order valence-corrected chi connectivity index (χ1v) is 13.8. The fourth-order valence-electron chi connectivity index (χ4n) is 4.00. The molecule has 38 heavy (non-hydrogen) atoms. The molecular formula is C31H36BrFN2O3. The molecule has 0 unspecified atom stereocenters. The van der Waals surface area contributed by atoms with Crippen LogP contribution in [-0.2, 0) is 22.6 Å². The Kier molecular flexibility index (Phi) is 10.9. The van der Waals surface area contributed by atoms with Crippen molar-refractivity contribution in [3.63, 3.8) is 0 Å². The number of hydrogen-bond acceptors (Lipinski definition) is 3. The monoisotopic (exact) mass is 582 g/mol. The minimum absolute atomic E-state index is 0.0461. The number of benzene rings is 3. The Morgan fingerprint density at radius 1 is 0.974 bits per heavy atom. The van der Waals surface area contributed by atoms with Crippen LogP contribution >= 0.6 is 15.9 Å². The molecule has 3 aromatic carbocycles. The third-order valence-corrected chi connectivity index (χ3v) is 7.13.